The van der Waals surface area contributed by atoms with Gasteiger partial charge in [-0.1, -0.05) is 12.1 Å². The van der Waals surface area contributed by atoms with E-state index in [1.807, 2.05) is 0 Å². The summed E-state index contributed by atoms with van der Waals surface area (Å²) in [6, 6.07) is 9.81. The molecule has 0 amide bonds. The molecule has 0 aliphatic heterocycles. The normalized spacial score (nSPS) is 18.8. The summed E-state index contributed by atoms with van der Waals surface area (Å²) in [5.41, 5.74) is -2.50. The lowest BCUT2D eigenvalue weighted by Gasteiger charge is -2.23. The van der Waals surface area contributed by atoms with E-state index in [9.17, 15) is 26.3 Å². The Morgan fingerprint density at radius 1 is 0.581 bits per heavy atom. The minimum atomic E-state index is -5.51. The van der Waals surface area contributed by atoms with Gasteiger partial charge < -0.3 is 0 Å². The highest BCUT2D eigenvalue weighted by Gasteiger charge is 2.80. The predicted molar refractivity (Wildman–Crippen MR) is 117 cm³/mol. The first kappa shape index (κ1) is 19.8. The molecule has 0 N–H and O–H groups in total. The van der Waals surface area contributed by atoms with Gasteiger partial charge in [-0.15, -0.1) is 45.3 Å². The third-order valence-electron chi connectivity index (χ3n) is 5.40. The van der Waals surface area contributed by atoms with Gasteiger partial charge in [0.25, 0.3) is 0 Å². The fourth-order valence-corrected chi connectivity index (χ4v) is 8.14. The number of rotatable bonds is 2. The summed E-state index contributed by atoms with van der Waals surface area (Å²) in [4.78, 5) is 2.69. The van der Waals surface area contributed by atoms with Crippen LogP contribution in [0.2, 0.25) is 0 Å². The lowest BCUT2D eigenvalue weighted by Crippen LogP contribution is -2.43. The molecule has 4 aromatic heterocycles. The van der Waals surface area contributed by atoms with Crippen LogP contribution >= 0.6 is 45.3 Å². The molecule has 4 heterocycles. The van der Waals surface area contributed by atoms with E-state index in [2.05, 4.69) is 0 Å². The third-order valence-corrected chi connectivity index (χ3v) is 9.97. The predicted octanol–water partition coefficient (Wildman–Crippen LogP) is 9.41. The van der Waals surface area contributed by atoms with Gasteiger partial charge in [-0.05, 0) is 35.0 Å². The number of benzene rings is 1. The standard InChI is InChI=1S/C21H8F6S4/c22-19(23)15-9-7-13(11-3-1-5-28-11)30-17(9)18-10(16(15)20(24,25)21(19,26)27)8-14(31-18)12-4-2-6-29-12/h1-8H. The Bertz CT molecular complexity index is 1350. The SMILES string of the molecule is FC1(F)c2c(c3cc(-c4cccs4)sc3c3sc(-c4cccs4)cc23)C(F)(F)C1(F)F. The van der Waals surface area contributed by atoms with Crippen LogP contribution in [0.5, 0.6) is 0 Å². The maximum absolute atomic E-state index is 14.9. The molecule has 0 fully saturated rings. The van der Waals surface area contributed by atoms with E-state index in [-0.39, 0.29) is 10.8 Å². The topological polar surface area (TPSA) is 0 Å². The van der Waals surface area contributed by atoms with Crippen LogP contribution in [0.25, 0.3) is 39.7 Å². The van der Waals surface area contributed by atoms with Crippen molar-refractivity contribution in [3.8, 4) is 19.5 Å². The molecule has 1 aliphatic carbocycles. The van der Waals surface area contributed by atoms with Crippen LogP contribution in [0.15, 0.2) is 47.2 Å². The van der Waals surface area contributed by atoms with E-state index in [1.54, 1.807) is 35.0 Å². The smallest absolute Gasteiger partial charge is 0.194 e. The molecule has 0 saturated heterocycles. The molecular weight excluding hydrogens is 494 g/mol. The van der Waals surface area contributed by atoms with Crippen molar-refractivity contribution in [3.05, 3.63) is 58.3 Å². The maximum atomic E-state index is 14.9. The second-order valence-electron chi connectivity index (χ2n) is 7.13. The van der Waals surface area contributed by atoms with Crippen molar-refractivity contribution in [2.75, 3.05) is 0 Å². The molecule has 6 rings (SSSR count). The summed E-state index contributed by atoms with van der Waals surface area (Å²) in [7, 11) is 0. The molecule has 0 spiro atoms. The van der Waals surface area contributed by atoms with Crippen molar-refractivity contribution in [3.63, 3.8) is 0 Å². The van der Waals surface area contributed by atoms with E-state index in [1.165, 1.54) is 34.8 Å². The van der Waals surface area contributed by atoms with Gasteiger partial charge in [0, 0.05) is 41.4 Å². The molecular formula is C21H8F6S4. The Morgan fingerprint density at radius 3 is 1.35 bits per heavy atom. The molecule has 1 aliphatic rings. The van der Waals surface area contributed by atoms with Crippen LogP contribution in [0.1, 0.15) is 11.1 Å². The van der Waals surface area contributed by atoms with Crippen molar-refractivity contribution in [2.45, 2.75) is 17.8 Å². The molecule has 0 unspecified atom stereocenters. The highest BCUT2D eigenvalue weighted by molar-refractivity contribution is 7.32. The summed E-state index contributed by atoms with van der Waals surface area (Å²) in [5, 5.41) is 3.16. The first-order chi connectivity index (χ1) is 14.6. The van der Waals surface area contributed by atoms with E-state index in [0.717, 1.165) is 32.4 Å². The fourth-order valence-electron chi connectivity index (χ4n) is 4.00. The minimum absolute atomic E-state index is 0.225. The zero-order valence-electron chi connectivity index (χ0n) is 15.0. The molecule has 158 valence electrons. The van der Waals surface area contributed by atoms with Crippen molar-refractivity contribution in [1.29, 1.82) is 0 Å². The number of fused-ring (bicyclic) bond motifs is 6. The average molecular weight is 503 g/mol. The number of hydrogen-bond acceptors (Lipinski definition) is 4. The molecule has 5 aromatic rings. The van der Waals surface area contributed by atoms with Crippen LogP contribution in [-0.4, -0.2) is 5.92 Å². The molecule has 0 bridgehead atoms. The van der Waals surface area contributed by atoms with Crippen molar-refractivity contribution in [2.24, 2.45) is 0 Å². The lowest BCUT2D eigenvalue weighted by molar-refractivity contribution is -0.301. The molecule has 0 radical (unpaired) electrons. The lowest BCUT2D eigenvalue weighted by atomic mass is 9.99. The zero-order chi connectivity index (χ0) is 21.8. The van der Waals surface area contributed by atoms with Gasteiger partial charge in [-0.3, -0.25) is 0 Å². The van der Waals surface area contributed by atoms with Crippen LogP contribution < -0.4 is 0 Å². The Morgan fingerprint density at radius 2 is 1.00 bits per heavy atom. The Labute approximate surface area is 187 Å². The first-order valence-electron chi connectivity index (χ1n) is 8.90. The monoisotopic (exact) mass is 502 g/mol. The van der Waals surface area contributed by atoms with Crippen LogP contribution in [0.4, 0.5) is 26.3 Å². The van der Waals surface area contributed by atoms with E-state index >= 15 is 0 Å². The van der Waals surface area contributed by atoms with Gasteiger partial charge in [-0.2, -0.15) is 26.3 Å². The van der Waals surface area contributed by atoms with E-state index in [0.29, 0.717) is 19.2 Å². The van der Waals surface area contributed by atoms with Crippen molar-refractivity contribution >= 4 is 65.5 Å². The van der Waals surface area contributed by atoms with Gasteiger partial charge >= 0.3 is 17.8 Å². The minimum Gasteiger partial charge on any atom is -0.194 e. The number of hydrogen-bond donors (Lipinski definition) is 0. The molecule has 10 heteroatoms. The number of thiophene rings is 4. The second-order valence-corrected chi connectivity index (χ2v) is 11.1. The Hall–Kier alpha value is -1.88. The van der Waals surface area contributed by atoms with Crippen LogP contribution in [-0.2, 0) is 11.8 Å². The highest BCUT2D eigenvalue weighted by atomic mass is 32.1. The van der Waals surface area contributed by atoms with Gasteiger partial charge in [0.2, 0.25) is 0 Å². The number of halogens is 6. The summed E-state index contributed by atoms with van der Waals surface area (Å²) < 4.78 is 89.0. The van der Waals surface area contributed by atoms with E-state index < -0.39 is 28.9 Å². The average Bonchev–Trinajstić information content (AvgIpc) is 3.51. The van der Waals surface area contributed by atoms with E-state index in [4.69, 9.17) is 0 Å². The quantitative estimate of drug-likeness (QED) is 0.211. The maximum Gasteiger partial charge on any atom is 0.380 e. The molecule has 0 nitrogen and oxygen atoms in total. The molecule has 0 saturated carbocycles. The summed E-state index contributed by atoms with van der Waals surface area (Å²) in [6.45, 7) is 0. The van der Waals surface area contributed by atoms with Gasteiger partial charge in [0.05, 0.1) is 9.40 Å². The van der Waals surface area contributed by atoms with Gasteiger partial charge in [0.1, 0.15) is 0 Å². The van der Waals surface area contributed by atoms with Crippen LogP contribution in [0.3, 0.4) is 0 Å². The number of alkyl halides is 6. The highest BCUT2D eigenvalue weighted by Crippen LogP contribution is 2.67. The zero-order valence-corrected chi connectivity index (χ0v) is 18.3. The van der Waals surface area contributed by atoms with Crippen molar-refractivity contribution < 1.29 is 26.3 Å². The van der Waals surface area contributed by atoms with Gasteiger partial charge in [0.15, 0.2) is 0 Å². The molecule has 1 aromatic carbocycles. The fraction of sp³-hybridized carbons (Fsp3) is 0.143. The van der Waals surface area contributed by atoms with Gasteiger partial charge in [-0.25, -0.2) is 0 Å². The Balaban J connectivity index is 1.80. The third kappa shape index (κ3) is 2.36. The molecule has 0 atom stereocenters. The molecule has 31 heavy (non-hydrogen) atoms. The first-order valence-corrected chi connectivity index (χ1v) is 12.3. The summed E-state index contributed by atoms with van der Waals surface area (Å²) >= 11 is 5.06. The Kier molecular flexibility index (Phi) is 3.91. The largest absolute Gasteiger partial charge is 0.380 e. The van der Waals surface area contributed by atoms with Crippen LogP contribution in [0, 0.1) is 0 Å². The summed E-state index contributed by atoms with van der Waals surface area (Å²) in [6.07, 6.45) is 0. The van der Waals surface area contributed by atoms with Crippen molar-refractivity contribution in [1.82, 2.24) is 0 Å². The second kappa shape index (κ2) is 6.12. The summed E-state index contributed by atoms with van der Waals surface area (Å²) in [5.74, 6) is -15.5.